The molecule has 0 spiro atoms. The van der Waals surface area contributed by atoms with Crippen molar-refractivity contribution in [2.24, 2.45) is 9.98 Å². The maximum Gasteiger partial charge on any atom is 0.259 e. The molecule has 3 aromatic rings. The highest BCUT2D eigenvalue weighted by Gasteiger charge is 2.42. The molecule has 2 aromatic carbocycles. The summed E-state index contributed by atoms with van der Waals surface area (Å²) in [6.07, 6.45) is 2.19. The van der Waals surface area contributed by atoms with Crippen LogP contribution < -0.4 is 10.6 Å². The van der Waals surface area contributed by atoms with Crippen LogP contribution in [0, 0.1) is 0 Å². The second-order valence-electron chi connectivity index (χ2n) is 8.49. The third-order valence-electron chi connectivity index (χ3n) is 5.88. The number of thioether (sulfide) groups is 1. The number of carbonyl (C=O) groups excluding carboxylic acids is 3. The molecule has 5 rings (SSSR count). The van der Waals surface area contributed by atoms with Crippen molar-refractivity contribution in [3.05, 3.63) is 89.9 Å². The van der Waals surface area contributed by atoms with Crippen LogP contribution in [-0.2, 0) is 27.3 Å². The third-order valence-corrected chi connectivity index (χ3v) is 6.82. The van der Waals surface area contributed by atoms with Crippen LogP contribution in [0.1, 0.15) is 23.3 Å². The van der Waals surface area contributed by atoms with Crippen molar-refractivity contribution in [1.82, 2.24) is 15.5 Å². The van der Waals surface area contributed by atoms with Gasteiger partial charge in [-0.05, 0) is 36.2 Å². The molecule has 0 aliphatic carbocycles. The van der Waals surface area contributed by atoms with Crippen molar-refractivity contribution in [3.8, 4) is 0 Å². The Bertz CT molecular complexity index is 1350. The van der Waals surface area contributed by atoms with E-state index in [4.69, 9.17) is 4.42 Å². The van der Waals surface area contributed by atoms with Crippen LogP contribution in [0.3, 0.4) is 0 Å². The molecular formula is C27H25N5O4S. The van der Waals surface area contributed by atoms with Crippen LogP contribution >= 0.6 is 11.8 Å². The average Bonchev–Trinajstić information content (AvgIpc) is 3.55. The van der Waals surface area contributed by atoms with Crippen LogP contribution in [0.25, 0.3) is 0 Å². The number of rotatable bonds is 9. The highest BCUT2D eigenvalue weighted by molar-refractivity contribution is 8.14. The fourth-order valence-corrected chi connectivity index (χ4v) is 4.88. The SMILES string of the molecule is O=C(CSC1=Nc2ccccc2C2=N[C@@H](CC(=O)NCCc3ccccc3)C(=O)N12)NCc1ccco1. The number of benzene rings is 2. The third kappa shape index (κ3) is 5.80. The number of amides is 3. The van der Waals surface area contributed by atoms with Gasteiger partial charge in [-0.2, -0.15) is 0 Å². The molecule has 0 radical (unpaired) electrons. The zero-order valence-corrected chi connectivity index (χ0v) is 20.7. The van der Waals surface area contributed by atoms with Crippen LogP contribution in [0.2, 0.25) is 0 Å². The van der Waals surface area contributed by atoms with Gasteiger partial charge in [-0.25, -0.2) is 9.89 Å². The Kier molecular flexibility index (Phi) is 7.46. The van der Waals surface area contributed by atoms with Crippen LogP contribution in [0.15, 0.2) is 87.4 Å². The van der Waals surface area contributed by atoms with Gasteiger partial charge in [0.2, 0.25) is 11.8 Å². The molecule has 37 heavy (non-hydrogen) atoms. The predicted octanol–water partition coefficient (Wildman–Crippen LogP) is 3.04. The topological polar surface area (TPSA) is 116 Å². The van der Waals surface area contributed by atoms with Gasteiger partial charge in [-0.1, -0.05) is 54.2 Å². The molecule has 0 fully saturated rings. The number of carbonyl (C=O) groups is 3. The summed E-state index contributed by atoms with van der Waals surface area (Å²) in [6, 6.07) is 19.9. The Morgan fingerprint density at radius 1 is 0.973 bits per heavy atom. The molecule has 3 heterocycles. The first kappa shape index (κ1) is 24.5. The van der Waals surface area contributed by atoms with Gasteiger partial charge in [0, 0.05) is 12.1 Å². The van der Waals surface area contributed by atoms with Gasteiger partial charge in [0.05, 0.1) is 30.7 Å². The van der Waals surface area contributed by atoms with Gasteiger partial charge in [0.25, 0.3) is 5.91 Å². The molecule has 1 aromatic heterocycles. The van der Waals surface area contributed by atoms with Crippen molar-refractivity contribution < 1.29 is 18.8 Å². The molecule has 3 amide bonds. The molecule has 188 valence electrons. The standard InChI is InChI=1S/C27H25N5O4S/c33-23(28-13-12-18-7-2-1-3-8-18)15-22-26(35)32-25(30-22)20-10-4-5-11-21(20)31-27(32)37-17-24(34)29-16-19-9-6-14-36-19/h1-11,14,22H,12-13,15-17H2,(H,28,33)(H,29,34)/t22-/m0/s1. The van der Waals surface area contributed by atoms with E-state index in [9.17, 15) is 14.4 Å². The first-order chi connectivity index (χ1) is 18.1. The zero-order chi connectivity index (χ0) is 25.6. The Hall–Kier alpha value is -4.18. The lowest BCUT2D eigenvalue weighted by atomic mass is 10.1. The fraction of sp³-hybridized carbons (Fsp3) is 0.222. The number of nitrogens with zero attached hydrogens (tertiary/aromatic N) is 3. The summed E-state index contributed by atoms with van der Waals surface area (Å²) in [4.78, 5) is 49.0. The normalized spacial score (nSPS) is 15.9. The van der Waals surface area contributed by atoms with E-state index in [2.05, 4.69) is 20.6 Å². The van der Waals surface area contributed by atoms with Crippen molar-refractivity contribution >= 4 is 46.2 Å². The first-order valence-corrected chi connectivity index (χ1v) is 12.9. The number of amidine groups is 2. The van der Waals surface area contributed by atoms with Crippen molar-refractivity contribution in [2.45, 2.75) is 25.4 Å². The minimum atomic E-state index is -0.850. The highest BCUT2D eigenvalue weighted by atomic mass is 32.2. The number of hydrogen-bond donors (Lipinski definition) is 2. The molecule has 2 aliphatic rings. The number of fused-ring (bicyclic) bond motifs is 3. The lowest BCUT2D eigenvalue weighted by Crippen LogP contribution is -2.42. The maximum atomic E-state index is 13.3. The summed E-state index contributed by atoms with van der Waals surface area (Å²) in [6.45, 7) is 0.751. The van der Waals surface area contributed by atoms with Gasteiger partial charge < -0.3 is 15.1 Å². The summed E-state index contributed by atoms with van der Waals surface area (Å²) in [5.41, 5.74) is 2.51. The predicted molar refractivity (Wildman–Crippen MR) is 141 cm³/mol. The average molecular weight is 516 g/mol. The molecule has 0 saturated heterocycles. The summed E-state index contributed by atoms with van der Waals surface area (Å²) in [7, 11) is 0. The van der Waals surface area contributed by atoms with E-state index in [1.54, 1.807) is 18.4 Å². The number of aliphatic imine (C=N–C) groups is 2. The quantitative estimate of drug-likeness (QED) is 0.454. The Labute approximate surface area is 218 Å². The van der Waals surface area contributed by atoms with E-state index in [0.29, 0.717) is 35.4 Å². The minimum absolute atomic E-state index is 0.0582. The second-order valence-corrected chi connectivity index (χ2v) is 9.43. The molecule has 0 bridgehead atoms. The molecule has 9 nitrogen and oxygen atoms in total. The van der Waals surface area contributed by atoms with E-state index < -0.39 is 6.04 Å². The molecule has 2 N–H and O–H groups in total. The van der Waals surface area contributed by atoms with Crippen LogP contribution in [0.5, 0.6) is 0 Å². The van der Waals surface area contributed by atoms with E-state index in [-0.39, 0.29) is 36.4 Å². The van der Waals surface area contributed by atoms with Gasteiger partial charge >= 0.3 is 0 Å². The van der Waals surface area contributed by atoms with E-state index in [1.807, 2.05) is 54.6 Å². The number of nitrogens with one attached hydrogen (secondary N) is 2. The van der Waals surface area contributed by atoms with Gasteiger partial charge in [0.15, 0.2) is 5.17 Å². The van der Waals surface area contributed by atoms with Crippen LogP contribution in [0.4, 0.5) is 5.69 Å². The van der Waals surface area contributed by atoms with E-state index >= 15 is 0 Å². The van der Waals surface area contributed by atoms with Crippen molar-refractivity contribution in [1.29, 1.82) is 0 Å². The number of hydrogen-bond acceptors (Lipinski definition) is 7. The van der Waals surface area contributed by atoms with Crippen molar-refractivity contribution in [3.63, 3.8) is 0 Å². The Balaban J connectivity index is 1.23. The summed E-state index contributed by atoms with van der Waals surface area (Å²) >= 11 is 1.15. The summed E-state index contributed by atoms with van der Waals surface area (Å²) in [5.74, 6) is 0.374. The largest absolute Gasteiger partial charge is 0.467 e. The lowest BCUT2D eigenvalue weighted by molar-refractivity contribution is -0.128. The zero-order valence-electron chi connectivity index (χ0n) is 19.9. The molecule has 1 atom stereocenters. The summed E-state index contributed by atoms with van der Waals surface area (Å²) in [5, 5.41) is 6.03. The molecule has 0 unspecified atom stereocenters. The van der Waals surface area contributed by atoms with E-state index in [0.717, 1.165) is 22.9 Å². The van der Waals surface area contributed by atoms with Gasteiger partial charge in [-0.3, -0.25) is 19.4 Å². The fourth-order valence-electron chi connectivity index (χ4n) is 4.05. The second kappa shape index (κ2) is 11.3. The van der Waals surface area contributed by atoms with Gasteiger partial charge in [-0.15, -0.1) is 0 Å². The van der Waals surface area contributed by atoms with Crippen LogP contribution in [-0.4, -0.2) is 52.0 Å². The summed E-state index contributed by atoms with van der Waals surface area (Å²) < 4.78 is 5.23. The van der Waals surface area contributed by atoms with Gasteiger partial charge in [0.1, 0.15) is 17.6 Å². The molecular weight excluding hydrogens is 490 g/mol. The number of para-hydroxylation sites is 1. The highest BCUT2D eigenvalue weighted by Crippen LogP contribution is 2.34. The molecule has 0 saturated carbocycles. The monoisotopic (exact) mass is 515 g/mol. The van der Waals surface area contributed by atoms with Crippen molar-refractivity contribution in [2.75, 3.05) is 12.3 Å². The van der Waals surface area contributed by atoms with E-state index in [1.165, 1.54) is 4.90 Å². The smallest absolute Gasteiger partial charge is 0.259 e. The molecule has 2 aliphatic heterocycles. The number of furan rings is 1. The maximum absolute atomic E-state index is 13.3. The first-order valence-electron chi connectivity index (χ1n) is 11.9. The Morgan fingerprint density at radius 3 is 2.59 bits per heavy atom. The Morgan fingerprint density at radius 2 is 1.78 bits per heavy atom. The minimum Gasteiger partial charge on any atom is -0.467 e. The lowest BCUT2D eigenvalue weighted by Gasteiger charge is -2.25. The molecule has 10 heteroatoms.